The number of piperidine rings is 1. The van der Waals surface area contributed by atoms with Gasteiger partial charge in [0.2, 0.25) is 0 Å². The van der Waals surface area contributed by atoms with Gasteiger partial charge in [-0.2, -0.15) is 5.10 Å². The molecule has 2 aliphatic rings. The second kappa shape index (κ2) is 10.2. The Kier molecular flexibility index (Phi) is 7.10. The van der Waals surface area contributed by atoms with Crippen LogP contribution in [0.1, 0.15) is 48.0 Å². The third-order valence-corrected chi connectivity index (χ3v) is 6.36. The Morgan fingerprint density at radius 2 is 2.03 bits per heavy atom. The van der Waals surface area contributed by atoms with Crippen molar-refractivity contribution in [2.45, 2.75) is 44.8 Å². The highest BCUT2D eigenvalue weighted by Gasteiger charge is 2.32. The number of nitrogens with one attached hydrogen (secondary N) is 2. The number of halogens is 1. The fourth-order valence-corrected chi connectivity index (χ4v) is 4.61. The van der Waals surface area contributed by atoms with Crippen LogP contribution in [0.15, 0.2) is 47.6 Å². The molecule has 0 bridgehead atoms. The van der Waals surface area contributed by atoms with Crippen LogP contribution in [0, 0.1) is 5.92 Å². The van der Waals surface area contributed by atoms with Crippen molar-refractivity contribution in [1.82, 2.24) is 10.7 Å². The van der Waals surface area contributed by atoms with Gasteiger partial charge in [-0.3, -0.25) is 4.79 Å². The molecule has 1 aliphatic carbocycles. The van der Waals surface area contributed by atoms with Gasteiger partial charge >= 0.3 is 0 Å². The van der Waals surface area contributed by atoms with E-state index in [0.29, 0.717) is 34.0 Å². The van der Waals surface area contributed by atoms with Gasteiger partial charge in [-0.15, -0.1) is 0 Å². The first kappa shape index (κ1) is 21.7. The number of nitrogens with zero attached hydrogens (tertiary/aromatic N) is 1. The van der Waals surface area contributed by atoms with E-state index in [4.69, 9.17) is 21.1 Å². The van der Waals surface area contributed by atoms with Crippen molar-refractivity contribution < 1.29 is 14.3 Å². The summed E-state index contributed by atoms with van der Waals surface area (Å²) in [7, 11) is 1.59. The lowest BCUT2D eigenvalue weighted by Crippen LogP contribution is -2.48. The van der Waals surface area contributed by atoms with Crippen molar-refractivity contribution in [3.63, 3.8) is 0 Å². The highest BCUT2D eigenvalue weighted by atomic mass is 35.5. The van der Waals surface area contributed by atoms with E-state index >= 15 is 0 Å². The Hall–Kier alpha value is -2.57. The normalized spacial score (nSPS) is 21.9. The lowest BCUT2D eigenvalue weighted by atomic mass is 9.78. The molecule has 0 radical (unpaired) electrons. The summed E-state index contributed by atoms with van der Waals surface area (Å²) in [6, 6.07) is 13.1. The second-order valence-electron chi connectivity index (χ2n) is 7.99. The number of para-hydroxylation sites is 1. The third kappa shape index (κ3) is 5.20. The number of fused-ring (bicyclic) bond motifs is 1. The molecule has 1 heterocycles. The van der Waals surface area contributed by atoms with Gasteiger partial charge in [-0.25, -0.2) is 5.43 Å². The van der Waals surface area contributed by atoms with Crippen LogP contribution in [-0.2, 0) is 6.61 Å². The van der Waals surface area contributed by atoms with Crippen LogP contribution in [0.3, 0.4) is 0 Å². The van der Waals surface area contributed by atoms with Crippen molar-refractivity contribution >= 4 is 23.2 Å². The van der Waals surface area contributed by atoms with Crippen molar-refractivity contribution in [1.29, 1.82) is 0 Å². The van der Waals surface area contributed by atoms with E-state index < -0.39 is 0 Å². The van der Waals surface area contributed by atoms with Crippen LogP contribution in [0.4, 0.5) is 0 Å². The molecular weight excluding hydrogens is 414 g/mol. The van der Waals surface area contributed by atoms with E-state index in [1.54, 1.807) is 37.4 Å². The first-order valence-electron chi connectivity index (χ1n) is 10.8. The minimum absolute atomic E-state index is 0.234. The molecule has 164 valence electrons. The molecule has 2 unspecified atom stereocenters. The molecule has 2 aromatic carbocycles. The fraction of sp³-hybridized carbons (Fsp3) is 0.417. The molecular formula is C24H28ClN3O3. The third-order valence-electron chi connectivity index (χ3n) is 6.05. The van der Waals surface area contributed by atoms with Crippen LogP contribution in [0.2, 0.25) is 5.02 Å². The Morgan fingerprint density at radius 3 is 2.87 bits per heavy atom. The van der Waals surface area contributed by atoms with Crippen molar-refractivity contribution in [2.75, 3.05) is 13.7 Å². The fourth-order valence-electron chi connectivity index (χ4n) is 4.42. The molecule has 7 heteroatoms. The van der Waals surface area contributed by atoms with Gasteiger partial charge in [-0.05, 0) is 43.2 Å². The minimum Gasteiger partial charge on any atom is -0.496 e. The standard InChI is InChI=1S/C24H28ClN3O3/c1-30-22-11-10-16(14-17(22)15-31-23-9-5-3-7-19(23)25)24(29)28-27-21-12-13-26-20-8-4-2-6-18(20)21/h3,5,7,9-11,14,18,20,26H,2,4,6,8,12-13,15H2,1H3,(H,28,29)/b27-21+. The van der Waals surface area contributed by atoms with E-state index in [1.807, 2.05) is 12.1 Å². The Labute approximate surface area is 188 Å². The van der Waals surface area contributed by atoms with Crippen LogP contribution in [0.25, 0.3) is 0 Å². The highest BCUT2D eigenvalue weighted by Crippen LogP contribution is 2.29. The second-order valence-corrected chi connectivity index (χ2v) is 8.40. The van der Waals surface area contributed by atoms with Crippen molar-refractivity contribution in [3.05, 3.63) is 58.6 Å². The first-order valence-corrected chi connectivity index (χ1v) is 11.2. The SMILES string of the molecule is COc1ccc(C(=O)N/N=C2\CCNC3CCCCC23)cc1COc1ccccc1Cl. The molecule has 1 saturated carbocycles. The Balaban J connectivity index is 1.45. The zero-order valence-corrected chi connectivity index (χ0v) is 18.5. The molecule has 0 aromatic heterocycles. The van der Waals surface area contributed by atoms with Crippen molar-refractivity contribution in [3.8, 4) is 11.5 Å². The summed E-state index contributed by atoms with van der Waals surface area (Å²) in [5.74, 6) is 1.43. The number of hydrogen-bond donors (Lipinski definition) is 2. The number of carbonyl (C=O) groups excluding carboxylic acids is 1. The zero-order chi connectivity index (χ0) is 21.6. The molecule has 2 N–H and O–H groups in total. The van der Waals surface area contributed by atoms with Gasteiger partial charge in [0.25, 0.3) is 5.91 Å². The summed E-state index contributed by atoms with van der Waals surface area (Å²) < 4.78 is 11.3. The Morgan fingerprint density at radius 1 is 1.19 bits per heavy atom. The van der Waals surface area contributed by atoms with Gasteiger partial charge in [0.05, 0.1) is 12.1 Å². The van der Waals surface area contributed by atoms with Crippen LogP contribution in [0.5, 0.6) is 11.5 Å². The minimum atomic E-state index is -0.236. The van der Waals surface area contributed by atoms with Gasteiger partial charge < -0.3 is 14.8 Å². The molecule has 2 aromatic rings. The lowest BCUT2D eigenvalue weighted by Gasteiger charge is -2.37. The zero-order valence-electron chi connectivity index (χ0n) is 17.7. The van der Waals surface area contributed by atoms with Gasteiger partial charge in [-0.1, -0.05) is 36.6 Å². The summed E-state index contributed by atoms with van der Waals surface area (Å²) in [4.78, 5) is 12.8. The summed E-state index contributed by atoms with van der Waals surface area (Å²) in [5.41, 5.74) is 5.14. The number of hydrazone groups is 1. The topological polar surface area (TPSA) is 72.0 Å². The van der Waals surface area contributed by atoms with Gasteiger partial charge in [0.15, 0.2) is 0 Å². The highest BCUT2D eigenvalue weighted by molar-refractivity contribution is 6.32. The smallest absolute Gasteiger partial charge is 0.271 e. The van der Waals surface area contributed by atoms with E-state index in [9.17, 15) is 4.79 Å². The molecule has 2 atom stereocenters. The maximum Gasteiger partial charge on any atom is 0.271 e. The Bertz CT molecular complexity index is 961. The van der Waals surface area contributed by atoms with Crippen LogP contribution >= 0.6 is 11.6 Å². The van der Waals surface area contributed by atoms with E-state index in [-0.39, 0.29) is 12.5 Å². The number of hydrogen-bond acceptors (Lipinski definition) is 5. The number of methoxy groups -OCH3 is 1. The maximum atomic E-state index is 12.8. The predicted octanol–water partition coefficient (Wildman–Crippen LogP) is 4.57. The summed E-state index contributed by atoms with van der Waals surface area (Å²) in [6.45, 7) is 1.15. The number of rotatable bonds is 6. The average Bonchev–Trinajstić information content (AvgIpc) is 2.81. The molecule has 1 amide bonds. The molecule has 1 saturated heterocycles. The van der Waals surface area contributed by atoms with E-state index in [0.717, 1.165) is 30.7 Å². The lowest BCUT2D eigenvalue weighted by molar-refractivity contribution is 0.0954. The summed E-state index contributed by atoms with van der Waals surface area (Å²) in [6.07, 6.45) is 5.69. The molecule has 0 spiro atoms. The summed E-state index contributed by atoms with van der Waals surface area (Å²) >= 11 is 6.17. The number of benzene rings is 2. The average molecular weight is 442 g/mol. The molecule has 31 heavy (non-hydrogen) atoms. The van der Waals surface area contributed by atoms with E-state index in [2.05, 4.69) is 15.8 Å². The quantitative estimate of drug-likeness (QED) is 0.644. The molecule has 2 fully saturated rings. The monoisotopic (exact) mass is 441 g/mol. The van der Waals surface area contributed by atoms with Gasteiger partial charge in [0, 0.05) is 41.8 Å². The molecule has 1 aliphatic heterocycles. The summed E-state index contributed by atoms with van der Waals surface area (Å²) in [5, 5.41) is 8.65. The molecule has 4 rings (SSSR count). The number of carbonyl (C=O) groups is 1. The van der Waals surface area contributed by atoms with Gasteiger partial charge in [0.1, 0.15) is 18.1 Å². The van der Waals surface area contributed by atoms with E-state index in [1.165, 1.54) is 19.3 Å². The van der Waals surface area contributed by atoms with Crippen LogP contribution in [-0.4, -0.2) is 31.3 Å². The van der Waals surface area contributed by atoms with Crippen molar-refractivity contribution in [2.24, 2.45) is 11.0 Å². The number of amides is 1. The number of ether oxygens (including phenoxy) is 2. The van der Waals surface area contributed by atoms with Crippen LogP contribution < -0.4 is 20.2 Å². The maximum absolute atomic E-state index is 12.8. The predicted molar refractivity (Wildman–Crippen MR) is 122 cm³/mol. The largest absolute Gasteiger partial charge is 0.496 e. The molecule has 6 nitrogen and oxygen atoms in total. The first-order chi connectivity index (χ1) is 15.2.